The number of hydrogen-bond acceptors (Lipinski definition) is 3. The fraction of sp³-hybridized carbons (Fsp3) is 0.467. The van der Waals surface area contributed by atoms with E-state index in [1.807, 2.05) is 24.3 Å². The molecule has 0 saturated carbocycles. The standard InChI is InChI=1S/C15H20N2O3/c1-10(2)9-20-12-7-5-11(6-8-12)15(3)13(18)17(4)14(19)16-15/h5-8,10H,9H2,1-4H3,(H,16,19). The van der Waals surface area contributed by atoms with Crippen molar-refractivity contribution in [2.24, 2.45) is 5.92 Å². The van der Waals surface area contributed by atoms with Gasteiger partial charge in [-0.3, -0.25) is 9.69 Å². The minimum Gasteiger partial charge on any atom is -0.493 e. The van der Waals surface area contributed by atoms with Gasteiger partial charge in [0.1, 0.15) is 11.3 Å². The first-order valence-corrected chi connectivity index (χ1v) is 6.68. The molecule has 1 aromatic rings. The Balaban J connectivity index is 2.18. The number of carbonyl (C=O) groups excluding carboxylic acids is 2. The first-order chi connectivity index (χ1) is 9.34. The summed E-state index contributed by atoms with van der Waals surface area (Å²) in [6.45, 7) is 6.52. The number of imide groups is 1. The summed E-state index contributed by atoms with van der Waals surface area (Å²) in [5.41, 5.74) is -0.250. The Hall–Kier alpha value is -2.04. The van der Waals surface area contributed by atoms with Gasteiger partial charge in [-0.05, 0) is 30.5 Å². The molecule has 1 aliphatic rings. The predicted octanol–water partition coefficient (Wildman–Crippen LogP) is 2.12. The van der Waals surface area contributed by atoms with Crippen LogP contribution in [0.2, 0.25) is 0 Å². The highest BCUT2D eigenvalue weighted by Crippen LogP contribution is 2.29. The second-order valence-corrected chi connectivity index (χ2v) is 5.65. The number of nitrogens with zero attached hydrogens (tertiary/aromatic N) is 1. The molecule has 5 heteroatoms. The third kappa shape index (κ3) is 2.48. The van der Waals surface area contributed by atoms with Crippen LogP contribution in [0, 0.1) is 5.92 Å². The summed E-state index contributed by atoms with van der Waals surface area (Å²) in [5.74, 6) is 0.964. The summed E-state index contributed by atoms with van der Waals surface area (Å²) in [6.07, 6.45) is 0. The van der Waals surface area contributed by atoms with E-state index in [1.54, 1.807) is 6.92 Å². The molecule has 1 saturated heterocycles. The molecule has 0 bridgehead atoms. The number of nitrogens with one attached hydrogen (secondary N) is 1. The highest BCUT2D eigenvalue weighted by Gasteiger charge is 2.47. The zero-order chi connectivity index (χ0) is 14.9. The van der Waals surface area contributed by atoms with Crippen LogP contribution in [0.15, 0.2) is 24.3 Å². The Labute approximate surface area is 118 Å². The second-order valence-electron chi connectivity index (χ2n) is 5.65. The molecule has 5 nitrogen and oxygen atoms in total. The normalized spacial score (nSPS) is 22.4. The van der Waals surface area contributed by atoms with Crippen LogP contribution < -0.4 is 10.1 Å². The van der Waals surface area contributed by atoms with Crippen LogP contribution in [0.3, 0.4) is 0 Å². The summed E-state index contributed by atoms with van der Waals surface area (Å²) < 4.78 is 5.60. The quantitative estimate of drug-likeness (QED) is 0.857. The predicted molar refractivity (Wildman–Crippen MR) is 75.4 cm³/mol. The fourth-order valence-electron chi connectivity index (χ4n) is 2.12. The van der Waals surface area contributed by atoms with Gasteiger partial charge in [-0.15, -0.1) is 0 Å². The molecule has 1 N–H and O–H groups in total. The highest BCUT2D eigenvalue weighted by atomic mass is 16.5. The Morgan fingerprint density at radius 3 is 2.30 bits per heavy atom. The maximum absolute atomic E-state index is 12.1. The van der Waals surface area contributed by atoms with Gasteiger partial charge in [0.2, 0.25) is 0 Å². The van der Waals surface area contributed by atoms with Crippen molar-refractivity contribution < 1.29 is 14.3 Å². The molecule has 0 spiro atoms. The Morgan fingerprint density at radius 2 is 1.85 bits per heavy atom. The number of urea groups is 1. The number of benzene rings is 1. The smallest absolute Gasteiger partial charge is 0.325 e. The Morgan fingerprint density at radius 1 is 1.25 bits per heavy atom. The second kappa shape index (κ2) is 5.15. The van der Waals surface area contributed by atoms with E-state index < -0.39 is 5.54 Å². The van der Waals surface area contributed by atoms with Crippen LogP contribution in [0.4, 0.5) is 4.79 Å². The molecule has 1 heterocycles. The van der Waals surface area contributed by atoms with E-state index >= 15 is 0 Å². The lowest BCUT2D eigenvalue weighted by atomic mass is 9.92. The summed E-state index contributed by atoms with van der Waals surface area (Å²) >= 11 is 0. The number of carbonyl (C=O) groups is 2. The zero-order valence-electron chi connectivity index (χ0n) is 12.3. The molecular formula is C15H20N2O3. The van der Waals surface area contributed by atoms with Gasteiger partial charge in [-0.25, -0.2) is 4.79 Å². The van der Waals surface area contributed by atoms with Crippen molar-refractivity contribution in [2.75, 3.05) is 13.7 Å². The minimum atomic E-state index is -0.998. The molecule has 1 aromatic carbocycles. The van der Waals surface area contributed by atoms with Crippen LogP contribution in [0.5, 0.6) is 5.75 Å². The van der Waals surface area contributed by atoms with Crippen molar-refractivity contribution in [1.82, 2.24) is 10.2 Å². The molecule has 0 aromatic heterocycles. The topological polar surface area (TPSA) is 58.6 Å². The van der Waals surface area contributed by atoms with Crippen LogP contribution in [-0.2, 0) is 10.3 Å². The van der Waals surface area contributed by atoms with Crippen molar-refractivity contribution in [3.05, 3.63) is 29.8 Å². The molecule has 108 valence electrons. The average molecular weight is 276 g/mol. The number of likely N-dealkylation sites (N-methyl/N-ethyl adjacent to an activating group) is 1. The third-order valence-electron chi connectivity index (χ3n) is 3.41. The number of hydrogen-bond donors (Lipinski definition) is 1. The summed E-state index contributed by atoms with van der Waals surface area (Å²) in [4.78, 5) is 24.8. The lowest BCUT2D eigenvalue weighted by Crippen LogP contribution is -2.40. The highest BCUT2D eigenvalue weighted by molar-refractivity contribution is 6.06. The molecule has 1 aliphatic heterocycles. The van der Waals surface area contributed by atoms with E-state index in [4.69, 9.17) is 4.74 Å². The van der Waals surface area contributed by atoms with E-state index in [9.17, 15) is 9.59 Å². The largest absolute Gasteiger partial charge is 0.493 e. The number of amides is 3. The van der Waals surface area contributed by atoms with Gasteiger partial charge in [0.15, 0.2) is 0 Å². The van der Waals surface area contributed by atoms with Gasteiger partial charge >= 0.3 is 6.03 Å². The monoisotopic (exact) mass is 276 g/mol. The molecule has 0 aliphatic carbocycles. The molecule has 1 fully saturated rings. The van der Waals surface area contributed by atoms with Gasteiger partial charge < -0.3 is 10.1 Å². The van der Waals surface area contributed by atoms with Crippen molar-refractivity contribution in [2.45, 2.75) is 26.3 Å². The van der Waals surface area contributed by atoms with E-state index in [2.05, 4.69) is 19.2 Å². The molecule has 0 radical (unpaired) electrons. The van der Waals surface area contributed by atoms with Crippen molar-refractivity contribution in [3.8, 4) is 5.75 Å². The van der Waals surface area contributed by atoms with E-state index in [0.29, 0.717) is 12.5 Å². The zero-order valence-corrected chi connectivity index (χ0v) is 12.3. The maximum atomic E-state index is 12.1. The van der Waals surface area contributed by atoms with Gasteiger partial charge in [-0.1, -0.05) is 26.0 Å². The van der Waals surface area contributed by atoms with Crippen LogP contribution in [-0.4, -0.2) is 30.5 Å². The average Bonchev–Trinajstić information content (AvgIpc) is 2.62. The Kier molecular flexibility index (Phi) is 3.70. The lowest BCUT2D eigenvalue weighted by Gasteiger charge is -2.22. The van der Waals surface area contributed by atoms with E-state index in [0.717, 1.165) is 16.2 Å². The van der Waals surface area contributed by atoms with Crippen LogP contribution in [0.25, 0.3) is 0 Å². The van der Waals surface area contributed by atoms with Gasteiger partial charge in [-0.2, -0.15) is 0 Å². The first kappa shape index (κ1) is 14.4. The van der Waals surface area contributed by atoms with Gasteiger partial charge in [0.25, 0.3) is 5.91 Å². The SMILES string of the molecule is CC(C)COc1ccc(C2(C)NC(=O)N(C)C2=O)cc1. The molecule has 20 heavy (non-hydrogen) atoms. The van der Waals surface area contributed by atoms with E-state index in [1.165, 1.54) is 7.05 Å². The van der Waals surface area contributed by atoms with Gasteiger partial charge in [0, 0.05) is 7.05 Å². The minimum absolute atomic E-state index is 0.252. The molecule has 1 atom stereocenters. The summed E-state index contributed by atoms with van der Waals surface area (Å²) in [7, 11) is 1.48. The number of ether oxygens (including phenoxy) is 1. The van der Waals surface area contributed by atoms with E-state index in [-0.39, 0.29) is 11.9 Å². The molecule has 1 unspecified atom stereocenters. The van der Waals surface area contributed by atoms with Crippen LogP contribution in [0.1, 0.15) is 26.3 Å². The summed E-state index contributed by atoms with van der Waals surface area (Å²) in [6, 6.07) is 6.89. The Bertz CT molecular complexity index is 524. The third-order valence-corrected chi connectivity index (χ3v) is 3.41. The number of rotatable bonds is 4. The molecule has 3 amide bonds. The van der Waals surface area contributed by atoms with Crippen molar-refractivity contribution in [1.29, 1.82) is 0 Å². The van der Waals surface area contributed by atoms with Gasteiger partial charge in [0.05, 0.1) is 6.61 Å². The van der Waals surface area contributed by atoms with Crippen LogP contribution >= 0.6 is 0 Å². The molecular weight excluding hydrogens is 256 g/mol. The summed E-state index contributed by atoms with van der Waals surface area (Å²) in [5, 5.41) is 2.71. The lowest BCUT2D eigenvalue weighted by molar-refractivity contribution is -0.130. The maximum Gasteiger partial charge on any atom is 0.325 e. The van der Waals surface area contributed by atoms with Crippen molar-refractivity contribution in [3.63, 3.8) is 0 Å². The first-order valence-electron chi connectivity index (χ1n) is 6.68. The van der Waals surface area contributed by atoms with Crippen molar-refractivity contribution >= 4 is 11.9 Å². The molecule has 2 rings (SSSR count). The fourth-order valence-corrected chi connectivity index (χ4v) is 2.12.